The van der Waals surface area contributed by atoms with Gasteiger partial charge in [-0.3, -0.25) is 0 Å². The minimum absolute atomic E-state index is 0.959. The third kappa shape index (κ3) is 6.04. The summed E-state index contributed by atoms with van der Waals surface area (Å²) < 4.78 is 0. The van der Waals surface area contributed by atoms with E-state index in [0.29, 0.717) is 0 Å². The lowest BCUT2D eigenvalue weighted by atomic mass is 9.89. The van der Waals surface area contributed by atoms with Crippen LogP contribution in [0.2, 0.25) is 0 Å². The predicted molar refractivity (Wildman–Crippen MR) is 179 cm³/mol. The molecule has 5 rings (SSSR count). The zero-order valence-electron chi connectivity index (χ0n) is 23.9. The molecule has 0 unspecified atom stereocenters. The molecule has 1 heterocycles. The summed E-state index contributed by atoms with van der Waals surface area (Å²) in [5, 5.41) is 3.97. The average molecular weight is 541 g/mol. The van der Waals surface area contributed by atoms with Crippen molar-refractivity contribution in [1.29, 1.82) is 0 Å². The molecule has 4 aromatic rings. The highest BCUT2D eigenvalue weighted by molar-refractivity contribution is 8.51. The molecule has 1 aliphatic rings. The summed E-state index contributed by atoms with van der Waals surface area (Å²) in [4.78, 5) is 2.76. The molecule has 0 N–H and O–H groups in total. The summed E-state index contributed by atoms with van der Waals surface area (Å²) in [6, 6.07) is 43.9. The Morgan fingerprint density at radius 2 is 0.850 bits per heavy atom. The first-order chi connectivity index (χ1) is 19.7. The van der Waals surface area contributed by atoms with Gasteiger partial charge in [0.05, 0.1) is 0 Å². The largest absolute Gasteiger partial charge is 0.123 e. The van der Waals surface area contributed by atoms with Crippen molar-refractivity contribution in [2.45, 2.75) is 51.9 Å². The van der Waals surface area contributed by atoms with E-state index in [1.807, 2.05) is 0 Å². The summed E-state index contributed by atoms with van der Waals surface area (Å²) in [6.07, 6.45) is 11.1. The quantitative estimate of drug-likeness (QED) is 0.139. The highest BCUT2D eigenvalue weighted by atomic mass is 32.3. The number of benzene rings is 4. The number of hydrogen-bond acceptors (Lipinski definition) is 0. The van der Waals surface area contributed by atoms with Gasteiger partial charge in [0, 0.05) is 27.4 Å². The molecule has 0 saturated carbocycles. The Labute approximate surface area is 243 Å². The Morgan fingerprint density at radius 1 is 0.475 bits per heavy atom. The molecule has 1 aliphatic heterocycles. The number of unbranched alkanes of at least 4 members (excludes halogenated alkanes) is 6. The molecule has 0 atom stereocenters. The van der Waals surface area contributed by atoms with Crippen LogP contribution >= 0.6 is 10.0 Å². The van der Waals surface area contributed by atoms with E-state index in [2.05, 4.69) is 146 Å². The van der Waals surface area contributed by atoms with Crippen LogP contribution in [-0.4, -0.2) is 6.26 Å². The molecular formula is C39H40S. The molecule has 0 aliphatic carbocycles. The predicted octanol–water partition coefficient (Wildman–Crippen LogP) is 11.3. The fraction of sp³-hybridized carbons (Fsp3) is 0.231. The fourth-order valence-electron chi connectivity index (χ4n) is 5.73. The number of allylic oxidation sites excluding steroid dienone is 2. The van der Waals surface area contributed by atoms with Crippen molar-refractivity contribution in [1.82, 2.24) is 0 Å². The van der Waals surface area contributed by atoms with Gasteiger partial charge in [-0.15, -0.1) is 10.0 Å². The molecule has 4 aromatic carbocycles. The van der Waals surface area contributed by atoms with Crippen molar-refractivity contribution >= 4 is 31.0 Å². The van der Waals surface area contributed by atoms with Gasteiger partial charge in [0.1, 0.15) is 0 Å². The highest BCUT2D eigenvalue weighted by Gasteiger charge is 2.41. The smallest absolute Gasteiger partial charge is 0.0203 e. The van der Waals surface area contributed by atoms with Crippen LogP contribution in [0.1, 0.15) is 74.1 Å². The Morgan fingerprint density at radius 3 is 1.27 bits per heavy atom. The summed E-state index contributed by atoms with van der Waals surface area (Å²) in [5.74, 6) is 3.72. The number of rotatable bonds is 10. The van der Waals surface area contributed by atoms with Crippen LogP contribution in [0.4, 0.5) is 0 Å². The van der Waals surface area contributed by atoms with Gasteiger partial charge in [0.2, 0.25) is 0 Å². The Bertz CT molecular complexity index is 1400. The molecule has 1 heteroatoms. The van der Waals surface area contributed by atoms with Crippen molar-refractivity contribution in [3.63, 3.8) is 0 Å². The third-order valence-corrected chi connectivity index (χ3v) is 10.7. The zero-order valence-corrected chi connectivity index (χ0v) is 24.7. The van der Waals surface area contributed by atoms with E-state index in [4.69, 9.17) is 0 Å². The van der Waals surface area contributed by atoms with E-state index in [-0.39, 0.29) is 0 Å². The monoisotopic (exact) mass is 540 g/mol. The van der Waals surface area contributed by atoms with Crippen LogP contribution in [0.5, 0.6) is 0 Å². The van der Waals surface area contributed by atoms with Crippen LogP contribution in [0, 0.1) is 11.2 Å². The third-order valence-electron chi connectivity index (χ3n) is 7.65. The fourth-order valence-corrected chi connectivity index (χ4v) is 9.00. The summed E-state index contributed by atoms with van der Waals surface area (Å²) in [7, 11) is -1.69. The second kappa shape index (κ2) is 13.6. The normalized spacial score (nSPS) is 15.1. The Kier molecular flexibility index (Phi) is 9.43. The number of hydrogen-bond donors (Lipinski definition) is 0. The van der Waals surface area contributed by atoms with Crippen molar-refractivity contribution in [2.75, 3.05) is 6.26 Å². The first-order valence-electron chi connectivity index (χ1n) is 14.7. The Balaban J connectivity index is 1.73. The van der Waals surface area contributed by atoms with Gasteiger partial charge in [0.25, 0.3) is 0 Å². The lowest BCUT2D eigenvalue weighted by Gasteiger charge is -2.33. The first kappa shape index (κ1) is 27.8. The van der Waals surface area contributed by atoms with Gasteiger partial charge >= 0.3 is 0 Å². The van der Waals surface area contributed by atoms with Gasteiger partial charge in [-0.2, -0.15) is 0 Å². The van der Waals surface area contributed by atoms with E-state index < -0.39 is 10.0 Å². The molecule has 0 spiro atoms. The average Bonchev–Trinajstić information content (AvgIpc) is 3.29. The second-order valence-corrected chi connectivity index (χ2v) is 13.4. The lowest BCUT2D eigenvalue weighted by Crippen LogP contribution is -1.99. The van der Waals surface area contributed by atoms with Gasteiger partial charge in [0.15, 0.2) is 0 Å². The summed E-state index contributed by atoms with van der Waals surface area (Å²) >= 11 is 0. The second-order valence-electron chi connectivity index (χ2n) is 10.6. The molecule has 0 fully saturated rings. The molecule has 0 aromatic heterocycles. The van der Waals surface area contributed by atoms with Crippen molar-refractivity contribution < 1.29 is 0 Å². The molecule has 0 bridgehead atoms. The van der Waals surface area contributed by atoms with Crippen molar-refractivity contribution in [2.24, 2.45) is 0 Å². The van der Waals surface area contributed by atoms with E-state index >= 15 is 0 Å². The van der Waals surface area contributed by atoms with Crippen LogP contribution in [0.3, 0.4) is 0 Å². The van der Waals surface area contributed by atoms with Crippen molar-refractivity contribution in [3.8, 4) is 11.2 Å². The summed E-state index contributed by atoms with van der Waals surface area (Å²) in [5.41, 5.74) is 7.69. The van der Waals surface area contributed by atoms with Crippen LogP contribution in [0.25, 0.3) is 21.0 Å². The van der Waals surface area contributed by atoms with Gasteiger partial charge in [-0.05, 0) is 40.2 Å². The highest BCUT2D eigenvalue weighted by Crippen LogP contribution is 2.75. The maximum absolute atomic E-state index is 3.97. The minimum atomic E-state index is -1.69. The molecule has 202 valence electrons. The molecular weight excluding hydrogens is 500 g/mol. The molecule has 0 nitrogen and oxygen atoms in total. The van der Waals surface area contributed by atoms with Gasteiger partial charge in [-0.25, -0.2) is 0 Å². The van der Waals surface area contributed by atoms with Crippen molar-refractivity contribution in [3.05, 3.63) is 144 Å². The van der Waals surface area contributed by atoms with E-state index in [0.717, 1.165) is 6.42 Å². The first-order valence-corrected chi connectivity index (χ1v) is 16.8. The van der Waals surface area contributed by atoms with E-state index in [9.17, 15) is 0 Å². The van der Waals surface area contributed by atoms with Gasteiger partial charge in [-0.1, -0.05) is 166 Å². The van der Waals surface area contributed by atoms with E-state index in [1.165, 1.54) is 81.7 Å². The van der Waals surface area contributed by atoms with Crippen LogP contribution < -0.4 is 0 Å². The molecule has 0 saturated heterocycles. The maximum Gasteiger partial charge on any atom is 0.0203 e. The minimum Gasteiger partial charge on any atom is -0.123 e. The molecule has 40 heavy (non-hydrogen) atoms. The summed E-state index contributed by atoms with van der Waals surface area (Å²) in [6.45, 7) is 2.28. The van der Waals surface area contributed by atoms with Gasteiger partial charge < -0.3 is 0 Å². The molecule has 0 amide bonds. The topological polar surface area (TPSA) is 0 Å². The van der Waals surface area contributed by atoms with Crippen LogP contribution in [-0.2, 0) is 0 Å². The zero-order chi connectivity index (χ0) is 27.6. The molecule has 0 radical (unpaired) electrons. The van der Waals surface area contributed by atoms with E-state index in [1.54, 1.807) is 0 Å². The SMILES string of the molecule is CCCCCCCCC#CS1(C)C(c2ccccc2)=C(c2ccccc2)C(c2ccccc2)=C1c1ccccc1. The standard InChI is InChI=1S/C39H40S/c1-3-4-5-6-7-8-9-22-31-40(2)38(34-27-18-12-19-28-34)36(32-23-14-10-15-24-32)37(33-25-16-11-17-26-33)39(40)35-29-20-13-21-30-35/h10-21,23-30H,3-9H2,1-2H3. The Hall–Kier alpha value is -3.73. The maximum atomic E-state index is 3.97. The lowest BCUT2D eigenvalue weighted by molar-refractivity contribution is 0.614. The van der Waals surface area contributed by atoms with Crippen LogP contribution in [0.15, 0.2) is 121 Å².